The van der Waals surface area contributed by atoms with Gasteiger partial charge in [0.05, 0.1) is 17.3 Å². The van der Waals surface area contributed by atoms with Gasteiger partial charge in [-0.25, -0.2) is 9.78 Å². The van der Waals surface area contributed by atoms with Gasteiger partial charge in [0, 0.05) is 17.0 Å². The van der Waals surface area contributed by atoms with Crippen molar-refractivity contribution in [3.8, 4) is 5.75 Å². The highest BCUT2D eigenvalue weighted by atomic mass is 35.5. The molecule has 2 unspecified atom stereocenters. The lowest BCUT2D eigenvalue weighted by atomic mass is 9.94. The highest BCUT2D eigenvalue weighted by Gasteiger charge is 2.48. The molecule has 0 spiro atoms. The summed E-state index contributed by atoms with van der Waals surface area (Å²) in [6, 6.07) is 10.8. The van der Waals surface area contributed by atoms with Gasteiger partial charge < -0.3 is 14.6 Å². The fourth-order valence-electron chi connectivity index (χ4n) is 4.62. The first-order chi connectivity index (χ1) is 18.2. The first-order valence-electron chi connectivity index (χ1n) is 11.8. The molecule has 1 aromatic heterocycles. The number of ether oxygens (including phenoxy) is 2. The molecule has 2 atom stereocenters. The van der Waals surface area contributed by atoms with Crippen LogP contribution in [-0.4, -0.2) is 40.5 Å². The van der Waals surface area contributed by atoms with E-state index in [1.54, 1.807) is 49.4 Å². The van der Waals surface area contributed by atoms with Crippen molar-refractivity contribution in [3.05, 3.63) is 93.0 Å². The van der Waals surface area contributed by atoms with E-state index in [1.807, 2.05) is 6.92 Å². The standard InChI is InChI=1S/C28H23ClN2O6S/c1-4-10-36-27(35)25-15(3)30-28(38-25)31-22(16-6-5-7-19(29)13-16)21(24(33)26(31)34)23(32)17-8-9-20-18(12-17)11-14(2)37-20/h4-9,12-14,22,32H,1,10-11H2,2-3H3. The number of benzene rings is 2. The second-order valence-corrected chi connectivity index (χ2v) is 10.4. The number of aliphatic hydroxyl groups is 1. The molecule has 1 amide bonds. The molecule has 38 heavy (non-hydrogen) atoms. The monoisotopic (exact) mass is 550 g/mol. The molecule has 0 radical (unpaired) electrons. The molecule has 2 aliphatic heterocycles. The summed E-state index contributed by atoms with van der Waals surface area (Å²) in [5.74, 6) is -1.97. The lowest BCUT2D eigenvalue weighted by Gasteiger charge is -2.23. The highest BCUT2D eigenvalue weighted by molar-refractivity contribution is 7.17. The van der Waals surface area contributed by atoms with Gasteiger partial charge >= 0.3 is 11.9 Å². The Morgan fingerprint density at radius 1 is 1.32 bits per heavy atom. The second kappa shape index (κ2) is 10.1. The Labute approximate surface area is 227 Å². The van der Waals surface area contributed by atoms with Crippen LogP contribution in [0.15, 0.2) is 60.7 Å². The third-order valence-corrected chi connectivity index (χ3v) is 7.66. The molecule has 2 aliphatic rings. The van der Waals surface area contributed by atoms with Gasteiger partial charge in [0.2, 0.25) is 0 Å². The van der Waals surface area contributed by atoms with Crippen molar-refractivity contribution in [2.24, 2.45) is 0 Å². The lowest BCUT2D eigenvalue weighted by Crippen LogP contribution is -2.29. The molecule has 1 N–H and O–H groups in total. The van der Waals surface area contributed by atoms with Crippen LogP contribution in [0.1, 0.15) is 45.0 Å². The number of aliphatic hydroxyl groups excluding tert-OH is 1. The molecule has 10 heteroatoms. The fraction of sp³-hybridized carbons (Fsp3) is 0.214. The quantitative estimate of drug-likeness (QED) is 0.144. The van der Waals surface area contributed by atoms with Crippen LogP contribution in [0.2, 0.25) is 5.02 Å². The van der Waals surface area contributed by atoms with E-state index in [0.717, 1.165) is 22.6 Å². The van der Waals surface area contributed by atoms with Crippen LogP contribution in [0, 0.1) is 6.92 Å². The number of halogens is 1. The molecule has 2 aromatic carbocycles. The number of hydrogen-bond donors (Lipinski definition) is 1. The van der Waals surface area contributed by atoms with Gasteiger partial charge in [-0.1, -0.05) is 47.7 Å². The van der Waals surface area contributed by atoms with Crippen molar-refractivity contribution >= 4 is 51.5 Å². The van der Waals surface area contributed by atoms with Crippen molar-refractivity contribution in [1.82, 2.24) is 4.98 Å². The zero-order valence-electron chi connectivity index (χ0n) is 20.6. The molecule has 8 nitrogen and oxygen atoms in total. The number of anilines is 1. The minimum atomic E-state index is -1.03. The Morgan fingerprint density at radius 2 is 2.11 bits per heavy atom. The summed E-state index contributed by atoms with van der Waals surface area (Å²) in [7, 11) is 0. The highest BCUT2D eigenvalue weighted by Crippen LogP contribution is 2.45. The average molecular weight is 551 g/mol. The SMILES string of the molecule is C=CCOC(=O)c1sc(N2C(=O)C(=O)C(=C(O)c3ccc4c(c3)CC(C)O4)C2c2cccc(Cl)c2)nc1C. The molecule has 194 valence electrons. The predicted molar refractivity (Wildman–Crippen MR) is 144 cm³/mol. The minimum absolute atomic E-state index is 0.0000508. The number of ketones is 1. The zero-order chi connectivity index (χ0) is 27.1. The van der Waals surface area contributed by atoms with Gasteiger partial charge in [-0.15, -0.1) is 0 Å². The van der Waals surface area contributed by atoms with Gasteiger partial charge in [-0.3, -0.25) is 14.5 Å². The average Bonchev–Trinajstić information content (AvgIpc) is 3.54. The van der Waals surface area contributed by atoms with E-state index in [-0.39, 0.29) is 34.1 Å². The van der Waals surface area contributed by atoms with Crippen LogP contribution in [-0.2, 0) is 20.7 Å². The van der Waals surface area contributed by atoms with E-state index in [1.165, 1.54) is 11.0 Å². The molecule has 1 fully saturated rings. The zero-order valence-corrected chi connectivity index (χ0v) is 22.1. The van der Waals surface area contributed by atoms with E-state index in [0.29, 0.717) is 28.3 Å². The van der Waals surface area contributed by atoms with E-state index < -0.39 is 23.7 Å². The minimum Gasteiger partial charge on any atom is -0.507 e. The Hall–Kier alpha value is -3.95. The van der Waals surface area contributed by atoms with Crippen LogP contribution >= 0.6 is 22.9 Å². The first kappa shape index (κ1) is 25.7. The van der Waals surface area contributed by atoms with Gasteiger partial charge in [0.25, 0.3) is 5.78 Å². The van der Waals surface area contributed by atoms with Crippen molar-refractivity contribution in [1.29, 1.82) is 0 Å². The maximum absolute atomic E-state index is 13.4. The van der Waals surface area contributed by atoms with Crippen LogP contribution in [0.25, 0.3) is 5.76 Å². The van der Waals surface area contributed by atoms with E-state index >= 15 is 0 Å². The fourth-order valence-corrected chi connectivity index (χ4v) is 5.81. The molecule has 3 aromatic rings. The number of fused-ring (bicyclic) bond motifs is 1. The Morgan fingerprint density at radius 3 is 2.84 bits per heavy atom. The summed E-state index contributed by atoms with van der Waals surface area (Å²) in [4.78, 5) is 45.2. The number of carbonyl (C=O) groups is 3. The van der Waals surface area contributed by atoms with Crippen molar-refractivity contribution in [3.63, 3.8) is 0 Å². The number of amides is 1. The first-order valence-corrected chi connectivity index (χ1v) is 13.0. The third-order valence-electron chi connectivity index (χ3n) is 6.29. The number of thiazole rings is 1. The van der Waals surface area contributed by atoms with Crippen molar-refractivity contribution in [2.45, 2.75) is 32.4 Å². The maximum atomic E-state index is 13.4. The van der Waals surface area contributed by atoms with Crippen LogP contribution < -0.4 is 9.64 Å². The van der Waals surface area contributed by atoms with E-state index in [2.05, 4.69) is 11.6 Å². The Kier molecular flexibility index (Phi) is 6.81. The smallest absolute Gasteiger partial charge is 0.350 e. The topological polar surface area (TPSA) is 106 Å². The molecule has 0 saturated carbocycles. The summed E-state index contributed by atoms with van der Waals surface area (Å²) in [6.45, 7) is 7.11. The van der Waals surface area contributed by atoms with Gasteiger partial charge in [-0.05, 0) is 55.3 Å². The van der Waals surface area contributed by atoms with Gasteiger partial charge in [-0.2, -0.15) is 0 Å². The van der Waals surface area contributed by atoms with Gasteiger partial charge in [0.15, 0.2) is 5.13 Å². The van der Waals surface area contributed by atoms with Crippen molar-refractivity contribution < 1.29 is 29.0 Å². The number of aromatic nitrogens is 1. The Balaban J connectivity index is 1.65. The molecule has 0 aliphatic carbocycles. The number of rotatable bonds is 6. The van der Waals surface area contributed by atoms with E-state index in [9.17, 15) is 19.5 Å². The summed E-state index contributed by atoms with van der Waals surface area (Å²) in [6.07, 6.45) is 2.10. The molecule has 0 bridgehead atoms. The summed E-state index contributed by atoms with van der Waals surface area (Å²) in [5, 5.41) is 11.9. The number of hydrogen-bond acceptors (Lipinski definition) is 8. The van der Waals surface area contributed by atoms with Crippen LogP contribution in [0.5, 0.6) is 5.75 Å². The summed E-state index contributed by atoms with van der Waals surface area (Å²) < 4.78 is 10.9. The van der Waals surface area contributed by atoms with E-state index in [4.69, 9.17) is 21.1 Å². The predicted octanol–water partition coefficient (Wildman–Crippen LogP) is 5.40. The third kappa shape index (κ3) is 4.48. The summed E-state index contributed by atoms with van der Waals surface area (Å²) in [5.41, 5.74) is 2.02. The number of nitrogens with zero attached hydrogens (tertiary/aromatic N) is 2. The van der Waals surface area contributed by atoms with Crippen LogP contribution in [0.3, 0.4) is 0 Å². The maximum Gasteiger partial charge on any atom is 0.350 e. The molecule has 3 heterocycles. The number of Topliss-reactive ketones (excluding diaryl/α,β-unsaturated/α-hetero) is 1. The molecular formula is C28H23ClN2O6S. The largest absolute Gasteiger partial charge is 0.507 e. The number of esters is 1. The van der Waals surface area contributed by atoms with Crippen molar-refractivity contribution in [2.75, 3.05) is 11.5 Å². The molecular weight excluding hydrogens is 528 g/mol. The van der Waals surface area contributed by atoms with Gasteiger partial charge in [0.1, 0.15) is 29.1 Å². The number of aryl methyl sites for hydroxylation is 1. The lowest BCUT2D eigenvalue weighted by molar-refractivity contribution is -0.132. The van der Waals surface area contributed by atoms with Crippen LogP contribution in [0.4, 0.5) is 5.13 Å². The number of carbonyl (C=O) groups excluding carboxylic acids is 3. The second-order valence-electron chi connectivity index (χ2n) is 8.98. The normalized spacial score (nSPS) is 19.8. The molecule has 5 rings (SSSR count). The molecule has 1 saturated heterocycles. The Bertz CT molecular complexity index is 1530. The summed E-state index contributed by atoms with van der Waals surface area (Å²) >= 11 is 7.20.